The van der Waals surface area contributed by atoms with Gasteiger partial charge in [-0.1, -0.05) is 35.9 Å². The summed E-state index contributed by atoms with van der Waals surface area (Å²) in [5.74, 6) is -0.0994. The van der Waals surface area contributed by atoms with Gasteiger partial charge in [-0.3, -0.25) is 4.79 Å². The van der Waals surface area contributed by atoms with E-state index in [4.69, 9.17) is 12.6 Å². The summed E-state index contributed by atoms with van der Waals surface area (Å²) in [6.07, 6.45) is 0.509. The van der Waals surface area contributed by atoms with E-state index in [9.17, 15) is 13.2 Å². The summed E-state index contributed by atoms with van der Waals surface area (Å²) < 4.78 is 32.9. The summed E-state index contributed by atoms with van der Waals surface area (Å²) in [6, 6.07) is 14.0. The van der Waals surface area contributed by atoms with E-state index >= 15 is 0 Å². The number of carbonyl (C=O) groups is 1. The summed E-state index contributed by atoms with van der Waals surface area (Å²) in [4.78, 5) is 12.8. The molecule has 0 fully saturated rings. The molecule has 1 heterocycles. The lowest BCUT2D eigenvalue weighted by Gasteiger charge is -2.26. The van der Waals surface area contributed by atoms with Crippen LogP contribution in [-0.2, 0) is 14.8 Å². The molecule has 0 unspecified atom stereocenters. The van der Waals surface area contributed by atoms with Crippen molar-refractivity contribution < 1.29 is 17.9 Å². The number of hydrogen-bond donors (Lipinski definition) is 1. The Morgan fingerprint density at radius 3 is 2.53 bits per heavy atom. The first kappa shape index (κ1) is 22.4. The molecule has 1 N–H and O–H groups in total. The standard InChI is InChI=1S/C22H27BN2O4S/c1-15(2)25(30(27,28)18-10-8-16(3)9-11-18)13-22(26)24-21(23)12-17-14-29-20-7-5-4-6-19(17)20/h4-11,15,17,21H,12-14H2,1-3H3,(H,24,26)/t17-,21+/m1/s1. The second-order valence-corrected chi connectivity index (χ2v) is 9.80. The van der Waals surface area contributed by atoms with E-state index in [2.05, 4.69) is 5.32 Å². The van der Waals surface area contributed by atoms with Crippen LogP contribution in [0.25, 0.3) is 0 Å². The maximum atomic E-state index is 13.0. The van der Waals surface area contributed by atoms with Crippen LogP contribution >= 0.6 is 0 Å². The van der Waals surface area contributed by atoms with Gasteiger partial charge in [-0.2, -0.15) is 4.31 Å². The lowest BCUT2D eigenvalue weighted by atomic mass is 9.84. The number of benzene rings is 2. The van der Waals surface area contributed by atoms with Crippen molar-refractivity contribution in [2.75, 3.05) is 13.2 Å². The predicted molar refractivity (Wildman–Crippen MR) is 117 cm³/mol. The van der Waals surface area contributed by atoms with E-state index < -0.39 is 21.9 Å². The molecule has 1 aliphatic heterocycles. The fourth-order valence-electron chi connectivity index (χ4n) is 3.57. The Hall–Kier alpha value is -2.32. The molecule has 2 aromatic rings. The Labute approximate surface area is 180 Å². The Balaban J connectivity index is 1.63. The van der Waals surface area contributed by atoms with Crippen LogP contribution in [0.1, 0.15) is 37.3 Å². The molecular formula is C22H27BN2O4S. The van der Waals surface area contributed by atoms with Crippen LogP contribution in [0, 0.1) is 6.92 Å². The Bertz CT molecular complexity index is 992. The minimum absolute atomic E-state index is 0.0917. The van der Waals surface area contributed by atoms with Gasteiger partial charge < -0.3 is 10.1 Å². The van der Waals surface area contributed by atoms with Crippen molar-refractivity contribution >= 4 is 23.8 Å². The van der Waals surface area contributed by atoms with Gasteiger partial charge in [0, 0.05) is 17.5 Å². The van der Waals surface area contributed by atoms with Gasteiger partial charge in [0.15, 0.2) is 0 Å². The summed E-state index contributed by atoms with van der Waals surface area (Å²) in [7, 11) is 2.35. The van der Waals surface area contributed by atoms with Crippen LogP contribution in [0.3, 0.4) is 0 Å². The fraction of sp³-hybridized carbons (Fsp3) is 0.409. The van der Waals surface area contributed by atoms with E-state index in [1.165, 1.54) is 4.31 Å². The molecule has 1 aliphatic rings. The van der Waals surface area contributed by atoms with Crippen molar-refractivity contribution in [2.24, 2.45) is 0 Å². The Kier molecular flexibility index (Phi) is 6.88. The normalized spacial score (nSPS) is 16.9. The average molecular weight is 426 g/mol. The topological polar surface area (TPSA) is 75.7 Å². The van der Waals surface area contributed by atoms with E-state index in [1.54, 1.807) is 38.1 Å². The first-order valence-electron chi connectivity index (χ1n) is 10.0. The molecule has 2 aromatic carbocycles. The zero-order valence-electron chi connectivity index (χ0n) is 17.5. The van der Waals surface area contributed by atoms with Crippen molar-refractivity contribution in [3.05, 3.63) is 59.7 Å². The molecule has 0 aromatic heterocycles. The average Bonchev–Trinajstić information content (AvgIpc) is 3.09. The highest BCUT2D eigenvalue weighted by molar-refractivity contribution is 7.89. The van der Waals surface area contributed by atoms with Crippen LogP contribution in [0.4, 0.5) is 0 Å². The molecule has 0 bridgehead atoms. The van der Waals surface area contributed by atoms with Gasteiger partial charge in [-0.05, 0) is 51.3 Å². The van der Waals surface area contributed by atoms with Crippen LogP contribution < -0.4 is 10.1 Å². The second-order valence-electron chi connectivity index (χ2n) is 7.91. The predicted octanol–water partition coefficient (Wildman–Crippen LogP) is 2.57. The molecule has 158 valence electrons. The number of aryl methyl sites for hydroxylation is 1. The van der Waals surface area contributed by atoms with Gasteiger partial charge in [0.1, 0.15) is 5.75 Å². The molecule has 0 saturated carbocycles. The number of ether oxygens (including phenoxy) is 1. The van der Waals surface area contributed by atoms with Crippen LogP contribution in [0.2, 0.25) is 0 Å². The maximum Gasteiger partial charge on any atom is 0.243 e. The van der Waals surface area contributed by atoms with Crippen molar-refractivity contribution in [3.63, 3.8) is 0 Å². The van der Waals surface area contributed by atoms with Gasteiger partial charge in [0.05, 0.1) is 25.9 Å². The molecule has 0 saturated heterocycles. The molecular weight excluding hydrogens is 399 g/mol. The number of para-hydroxylation sites is 1. The van der Waals surface area contributed by atoms with Gasteiger partial charge in [-0.15, -0.1) is 0 Å². The lowest BCUT2D eigenvalue weighted by molar-refractivity contribution is -0.121. The van der Waals surface area contributed by atoms with Crippen LogP contribution in [0.5, 0.6) is 5.75 Å². The number of hydrogen-bond acceptors (Lipinski definition) is 4. The first-order valence-corrected chi connectivity index (χ1v) is 11.5. The number of amides is 1. The Morgan fingerprint density at radius 1 is 1.20 bits per heavy atom. The summed E-state index contributed by atoms with van der Waals surface area (Å²) in [5.41, 5.74) is 2.04. The highest BCUT2D eigenvalue weighted by Gasteiger charge is 2.30. The molecule has 3 rings (SSSR count). The number of nitrogens with zero attached hydrogens (tertiary/aromatic N) is 1. The first-order chi connectivity index (χ1) is 14.2. The SMILES string of the molecule is [B][C@H](C[C@@H]1COc2ccccc21)NC(=O)CN(C(C)C)S(=O)(=O)c1ccc(C)cc1. The summed E-state index contributed by atoms with van der Waals surface area (Å²) >= 11 is 0. The molecule has 1 amide bonds. The molecule has 8 heteroatoms. The molecule has 6 nitrogen and oxygen atoms in total. The van der Waals surface area contributed by atoms with Crippen molar-refractivity contribution in [2.45, 2.75) is 50.0 Å². The molecule has 2 atom stereocenters. The van der Waals surface area contributed by atoms with E-state index in [-0.39, 0.29) is 23.4 Å². The lowest BCUT2D eigenvalue weighted by Crippen LogP contribution is -2.47. The summed E-state index contributed by atoms with van der Waals surface area (Å²) in [5, 5.41) is 2.73. The van der Waals surface area contributed by atoms with Crippen molar-refractivity contribution in [3.8, 4) is 5.75 Å². The largest absolute Gasteiger partial charge is 0.493 e. The van der Waals surface area contributed by atoms with Crippen LogP contribution in [-0.4, -0.2) is 51.6 Å². The molecule has 2 radical (unpaired) electrons. The van der Waals surface area contributed by atoms with Crippen molar-refractivity contribution in [1.82, 2.24) is 9.62 Å². The highest BCUT2D eigenvalue weighted by Crippen LogP contribution is 2.35. The van der Waals surface area contributed by atoms with Gasteiger partial charge in [0.2, 0.25) is 15.9 Å². The Morgan fingerprint density at radius 2 is 1.87 bits per heavy atom. The third-order valence-electron chi connectivity index (χ3n) is 5.19. The monoisotopic (exact) mass is 426 g/mol. The van der Waals surface area contributed by atoms with Crippen LogP contribution in [0.15, 0.2) is 53.4 Å². The van der Waals surface area contributed by atoms with Gasteiger partial charge in [-0.25, -0.2) is 8.42 Å². The quantitative estimate of drug-likeness (QED) is 0.659. The molecule has 30 heavy (non-hydrogen) atoms. The number of rotatable bonds is 8. The number of fused-ring (bicyclic) bond motifs is 1. The fourth-order valence-corrected chi connectivity index (χ4v) is 5.17. The summed E-state index contributed by atoms with van der Waals surface area (Å²) in [6.45, 7) is 5.60. The van der Waals surface area contributed by atoms with Crippen molar-refractivity contribution in [1.29, 1.82) is 0 Å². The smallest absolute Gasteiger partial charge is 0.243 e. The van der Waals surface area contributed by atoms with E-state index in [0.29, 0.717) is 13.0 Å². The van der Waals surface area contributed by atoms with E-state index in [0.717, 1.165) is 16.9 Å². The van der Waals surface area contributed by atoms with Gasteiger partial charge in [0.25, 0.3) is 0 Å². The van der Waals surface area contributed by atoms with E-state index in [1.807, 2.05) is 31.2 Å². The van der Waals surface area contributed by atoms with Gasteiger partial charge >= 0.3 is 0 Å². The third kappa shape index (κ3) is 5.05. The highest BCUT2D eigenvalue weighted by atomic mass is 32.2. The second kappa shape index (κ2) is 9.22. The maximum absolute atomic E-state index is 13.0. The zero-order valence-corrected chi connectivity index (χ0v) is 18.4. The molecule has 0 aliphatic carbocycles. The minimum atomic E-state index is -3.80. The minimum Gasteiger partial charge on any atom is -0.493 e. The zero-order chi connectivity index (χ0) is 21.9. The molecule has 0 spiro atoms. The number of carbonyl (C=O) groups excluding carboxylic acids is 1. The third-order valence-corrected chi connectivity index (χ3v) is 7.22. The number of sulfonamides is 1. The number of nitrogens with one attached hydrogen (secondary N) is 1.